The Balaban J connectivity index is 1.58. The average molecular weight is 415 g/mol. The Morgan fingerprint density at radius 3 is 2.17 bits per heavy atom. The van der Waals surface area contributed by atoms with Gasteiger partial charge >= 0.3 is 0 Å². The van der Waals surface area contributed by atoms with Crippen molar-refractivity contribution in [1.82, 2.24) is 9.21 Å². The van der Waals surface area contributed by atoms with Crippen LogP contribution < -0.4 is 0 Å². The third kappa shape index (κ3) is 4.87. The zero-order valence-electron chi connectivity index (χ0n) is 17.7. The van der Waals surface area contributed by atoms with Gasteiger partial charge in [0.1, 0.15) is 0 Å². The van der Waals surface area contributed by atoms with Gasteiger partial charge in [0, 0.05) is 32.6 Å². The summed E-state index contributed by atoms with van der Waals surface area (Å²) in [5.74, 6) is 0.0909. The van der Waals surface area contributed by atoms with Gasteiger partial charge in [0.15, 0.2) is 0 Å². The van der Waals surface area contributed by atoms with Crippen LogP contribution in [0.3, 0.4) is 0 Å². The van der Waals surface area contributed by atoms with E-state index in [0.29, 0.717) is 43.9 Å². The van der Waals surface area contributed by atoms with Gasteiger partial charge in [-0.15, -0.1) is 0 Å². The maximum absolute atomic E-state index is 12.9. The first-order valence-electron chi connectivity index (χ1n) is 10.1. The van der Waals surface area contributed by atoms with Gasteiger partial charge < -0.3 is 4.90 Å². The molecule has 1 aliphatic heterocycles. The molecule has 0 bridgehead atoms. The van der Waals surface area contributed by atoms with Crippen molar-refractivity contribution in [1.29, 1.82) is 0 Å². The first kappa shape index (κ1) is 21.5. The average Bonchev–Trinajstić information content (AvgIpc) is 2.69. The number of sulfonamides is 1. The third-order valence-electron chi connectivity index (χ3n) is 5.81. The number of piperazine rings is 1. The highest BCUT2D eigenvalue weighted by molar-refractivity contribution is 7.89. The van der Waals surface area contributed by atoms with Crippen molar-refractivity contribution in [2.45, 2.75) is 45.4 Å². The lowest BCUT2D eigenvalue weighted by Gasteiger charge is -2.34. The Labute approximate surface area is 174 Å². The van der Waals surface area contributed by atoms with Crippen LogP contribution in [0.25, 0.3) is 0 Å². The van der Waals surface area contributed by atoms with Crippen molar-refractivity contribution >= 4 is 15.9 Å². The third-order valence-corrected chi connectivity index (χ3v) is 7.71. The Hall–Kier alpha value is -2.18. The summed E-state index contributed by atoms with van der Waals surface area (Å²) in [5, 5.41) is 0. The topological polar surface area (TPSA) is 57.7 Å². The van der Waals surface area contributed by atoms with Crippen LogP contribution in [0.2, 0.25) is 0 Å². The van der Waals surface area contributed by atoms with Crippen molar-refractivity contribution < 1.29 is 13.2 Å². The largest absolute Gasteiger partial charge is 0.340 e. The summed E-state index contributed by atoms with van der Waals surface area (Å²) in [4.78, 5) is 14.7. The Morgan fingerprint density at radius 2 is 1.55 bits per heavy atom. The minimum atomic E-state index is -3.52. The van der Waals surface area contributed by atoms with E-state index in [2.05, 4.69) is 32.0 Å². The van der Waals surface area contributed by atoms with Crippen molar-refractivity contribution in [2.24, 2.45) is 0 Å². The number of hydrogen-bond acceptors (Lipinski definition) is 3. The van der Waals surface area contributed by atoms with Gasteiger partial charge in [0.25, 0.3) is 0 Å². The van der Waals surface area contributed by atoms with Gasteiger partial charge in [-0.1, -0.05) is 29.8 Å². The van der Waals surface area contributed by atoms with E-state index in [0.717, 1.165) is 11.1 Å². The van der Waals surface area contributed by atoms with E-state index in [9.17, 15) is 13.2 Å². The molecule has 0 unspecified atom stereocenters. The fourth-order valence-electron chi connectivity index (χ4n) is 3.73. The summed E-state index contributed by atoms with van der Waals surface area (Å²) in [7, 11) is -3.52. The molecule has 0 radical (unpaired) electrons. The van der Waals surface area contributed by atoms with Gasteiger partial charge in [-0.25, -0.2) is 8.42 Å². The predicted molar refractivity (Wildman–Crippen MR) is 115 cm³/mol. The summed E-state index contributed by atoms with van der Waals surface area (Å²) in [6, 6.07) is 11.5. The number of benzene rings is 2. The molecular weight excluding hydrogens is 384 g/mol. The predicted octanol–water partition coefficient (Wildman–Crippen LogP) is 3.39. The lowest BCUT2D eigenvalue weighted by molar-refractivity contribution is -0.132. The van der Waals surface area contributed by atoms with Crippen LogP contribution in [0, 0.1) is 27.7 Å². The lowest BCUT2D eigenvalue weighted by Crippen LogP contribution is -2.50. The number of carbonyl (C=O) groups excluding carboxylic acids is 1. The first-order chi connectivity index (χ1) is 13.7. The van der Waals surface area contributed by atoms with Crippen molar-refractivity contribution in [3.05, 3.63) is 64.2 Å². The van der Waals surface area contributed by atoms with Gasteiger partial charge in [-0.3, -0.25) is 4.79 Å². The maximum atomic E-state index is 12.9. The quantitative estimate of drug-likeness (QED) is 0.754. The fourth-order valence-corrected chi connectivity index (χ4v) is 5.24. The first-order valence-corrected chi connectivity index (χ1v) is 11.5. The smallest absolute Gasteiger partial charge is 0.243 e. The van der Waals surface area contributed by atoms with E-state index in [4.69, 9.17) is 0 Å². The van der Waals surface area contributed by atoms with Crippen LogP contribution >= 0.6 is 0 Å². The van der Waals surface area contributed by atoms with E-state index >= 15 is 0 Å². The normalized spacial score (nSPS) is 15.5. The number of amides is 1. The summed E-state index contributed by atoms with van der Waals surface area (Å²) >= 11 is 0. The molecule has 0 saturated carbocycles. The molecule has 0 spiro atoms. The molecule has 2 aromatic rings. The number of hydrogen-bond donors (Lipinski definition) is 0. The minimum absolute atomic E-state index is 0.0909. The Kier molecular flexibility index (Phi) is 6.44. The SMILES string of the molecule is Cc1ccc(CCC(=O)N2CCN(S(=O)(=O)c3ccc(C)c(C)c3)CC2)c(C)c1. The summed E-state index contributed by atoms with van der Waals surface area (Å²) in [6.45, 7) is 9.58. The molecule has 6 heteroatoms. The second-order valence-electron chi connectivity index (χ2n) is 7.96. The molecule has 2 aromatic carbocycles. The van der Waals surface area contributed by atoms with Gasteiger partial charge in [-0.2, -0.15) is 4.31 Å². The van der Waals surface area contributed by atoms with Crippen molar-refractivity contribution in [3.63, 3.8) is 0 Å². The molecule has 3 rings (SSSR count). The monoisotopic (exact) mass is 414 g/mol. The standard InChI is InChI=1S/C23H30N2O3S/c1-17-5-7-21(20(4)15-17)8-10-23(26)24-11-13-25(14-12-24)29(27,28)22-9-6-18(2)19(3)16-22/h5-7,9,15-16H,8,10-14H2,1-4H3. The molecule has 1 heterocycles. The molecule has 0 aromatic heterocycles. The zero-order valence-corrected chi connectivity index (χ0v) is 18.6. The molecular formula is C23H30N2O3S. The molecule has 0 N–H and O–H groups in total. The second kappa shape index (κ2) is 8.67. The van der Waals surface area contributed by atoms with E-state index in [1.807, 2.05) is 19.9 Å². The molecule has 5 nitrogen and oxygen atoms in total. The Morgan fingerprint density at radius 1 is 0.862 bits per heavy atom. The lowest BCUT2D eigenvalue weighted by atomic mass is 10.0. The van der Waals surface area contributed by atoms with Crippen LogP contribution in [-0.4, -0.2) is 49.7 Å². The highest BCUT2D eigenvalue weighted by Gasteiger charge is 2.30. The molecule has 1 aliphatic rings. The van der Waals surface area contributed by atoms with E-state index in [1.54, 1.807) is 17.0 Å². The van der Waals surface area contributed by atoms with E-state index in [-0.39, 0.29) is 5.91 Å². The summed E-state index contributed by atoms with van der Waals surface area (Å²) in [5.41, 5.74) is 5.66. The van der Waals surface area contributed by atoms with Crippen molar-refractivity contribution in [2.75, 3.05) is 26.2 Å². The van der Waals surface area contributed by atoms with Gasteiger partial charge in [0.2, 0.25) is 15.9 Å². The van der Waals surface area contributed by atoms with E-state index in [1.165, 1.54) is 21.0 Å². The van der Waals surface area contributed by atoms with Gasteiger partial charge in [0.05, 0.1) is 4.90 Å². The van der Waals surface area contributed by atoms with E-state index < -0.39 is 10.0 Å². The summed E-state index contributed by atoms with van der Waals surface area (Å²) in [6.07, 6.45) is 1.17. The van der Waals surface area contributed by atoms with Crippen LogP contribution in [0.15, 0.2) is 41.3 Å². The number of rotatable bonds is 5. The highest BCUT2D eigenvalue weighted by Crippen LogP contribution is 2.21. The van der Waals surface area contributed by atoms with Gasteiger partial charge in [-0.05, 0) is 68.5 Å². The van der Waals surface area contributed by atoms with Crippen LogP contribution in [-0.2, 0) is 21.2 Å². The molecule has 1 amide bonds. The molecule has 0 atom stereocenters. The molecule has 1 saturated heterocycles. The number of nitrogens with zero attached hydrogens (tertiary/aromatic N) is 2. The van der Waals surface area contributed by atoms with Crippen LogP contribution in [0.4, 0.5) is 0 Å². The molecule has 0 aliphatic carbocycles. The van der Waals surface area contributed by atoms with Crippen LogP contribution in [0.1, 0.15) is 34.2 Å². The van der Waals surface area contributed by atoms with Crippen molar-refractivity contribution in [3.8, 4) is 0 Å². The maximum Gasteiger partial charge on any atom is 0.243 e. The fraction of sp³-hybridized carbons (Fsp3) is 0.435. The second-order valence-corrected chi connectivity index (χ2v) is 9.90. The zero-order chi connectivity index (χ0) is 21.2. The molecule has 29 heavy (non-hydrogen) atoms. The van der Waals surface area contributed by atoms with Crippen LogP contribution in [0.5, 0.6) is 0 Å². The summed E-state index contributed by atoms with van der Waals surface area (Å²) < 4.78 is 27.3. The highest BCUT2D eigenvalue weighted by atomic mass is 32.2. The number of carbonyl (C=O) groups is 1. The molecule has 1 fully saturated rings. The minimum Gasteiger partial charge on any atom is -0.340 e. The molecule has 156 valence electrons. The number of aryl methyl sites for hydroxylation is 5. The Bertz CT molecular complexity index is 1010.